The molecule has 1 N–H and O–H groups in total. The van der Waals surface area contributed by atoms with Gasteiger partial charge in [0.1, 0.15) is 5.82 Å². The lowest BCUT2D eigenvalue weighted by atomic mass is 10.1. The average molecular weight is 365 g/mol. The van der Waals surface area contributed by atoms with Gasteiger partial charge >= 0.3 is 0 Å². The Morgan fingerprint density at radius 2 is 2.17 bits per heavy atom. The molecule has 5 nitrogen and oxygen atoms in total. The number of nitrogens with one attached hydrogen (secondary N) is 1. The van der Waals surface area contributed by atoms with E-state index in [0.717, 1.165) is 35.9 Å². The monoisotopic (exact) mass is 364 g/mol. The van der Waals surface area contributed by atoms with Gasteiger partial charge in [-0.2, -0.15) is 0 Å². The highest BCUT2D eigenvalue weighted by Crippen LogP contribution is 2.24. The summed E-state index contributed by atoms with van der Waals surface area (Å²) in [7, 11) is 0. The van der Waals surface area contributed by atoms with Gasteiger partial charge in [-0.05, 0) is 31.4 Å². The molecule has 2 aromatic rings. The molecule has 1 aromatic carbocycles. The van der Waals surface area contributed by atoms with Gasteiger partial charge in [0.05, 0.1) is 11.8 Å². The first kappa shape index (κ1) is 17.3. The van der Waals surface area contributed by atoms with Crippen LogP contribution in [0.3, 0.4) is 0 Å². The fourth-order valence-corrected chi connectivity index (χ4v) is 3.98. The van der Waals surface area contributed by atoms with Crippen molar-refractivity contribution in [2.45, 2.75) is 50.4 Å². The molecule has 1 aromatic heterocycles. The maximum Gasteiger partial charge on any atom is 0.230 e. The van der Waals surface area contributed by atoms with Crippen LogP contribution in [0.4, 0.5) is 0 Å². The number of hydrogen-bond donors (Lipinski definition) is 1. The number of halogens is 1. The summed E-state index contributed by atoms with van der Waals surface area (Å²) in [4.78, 5) is 12.2. The van der Waals surface area contributed by atoms with E-state index >= 15 is 0 Å². The van der Waals surface area contributed by atoms with Gasteiger partial charge in [-0.15, -0.1) is 10.2 Å². The van der Waals surface area contributed by atoms with Gasteiger partial charge in [-0.25, -0.2) is 0 Å². The standard InChI is InChI=1S/C17H21ClN4OS/c1-12(13-7-4-5-8-14(13)18)19-16(23)11-24-17-21-20-15-9-3-2-6-10-22(15)17/h4-5,7-8,12H,2-3,6,9-11H2,1H3,(H,19,23)/t12-/m0/s1. The summed E-state index contributed by atoms with van der Waals surface area (Å²) >= 11 is 7.62. The molecular weight excluding hydrogens is 344 g/mol. The van der Waals surface area contributed by atoms with E-state index in [9.17, 15) is 4.79 Å². The van der Waals surface area contributed by atoms with Gasteiger partial charge in [0.2, 0.25) is 5.91 Å². The van der Waals surface area contributed by atoms with E-state index in [2.05, 4.69) is 20.1 Å². The molecule has 0 unspecified atom stereocenters. The van der Waals surface area contributed by atoms with Crippen molar-refractivity contribution >= 4 is 29.3 Å². The topological polar surface area (TPSA) is 59.8 Å². The van der Waals surface area contributed by atoms with Crippen molar-refractivity contribution in [2.24, 2.45) is 0 Å². The van der Waals surface area contributed by atoms with Crippen LogP contribution in [0.25, 0.3) is 0 Å². The Labute approximate surface area is 151 Å². The van der Waals surface area contributed by atoms with Gasteiger partial charge < -0.3 is 9.88 Å². The number of fused-ring (bicyclic) bond motifs is 1. The van der Waals surface area contributed by atoms with E-state index in [1.165, 1.54) is 24.6 Å². The van der Waals surface area contributed by atoms with E-state index in [4.69, 9.17) is 11.6 Å². The Balaban J connectivity index is 1.56. The quantitative estimate of drug-likeness (QED) is 0.823. The summed E-state index contributed by atoms with van der Waals surface area (Å²) < 4.78 is 2.16. The molecule has 0 bridgehead atoms. The third kappa shape index (κ3) is 4.11. The molecule has 2 heterocycles. The predicted octanol–water partition coefficient (Wildman–Crippen LogP) is 3.63. The van der Waals surface area contributed by atoms with Gasteiger partial charge in [-0.1, -0.05) is 48.0 Å². The van der Waals surface area contributed by atoms with Crippen molar-refractivity contribution < 1.29 is 4.79 Å². The zero-order chi connectivity index (χ0) is 16.9. The molecular formula is C17H21ClN4OS. The summed E-state index contributed by atoms with van der Waals surface area (Å²) in [5.41, 5.74) is 0.925. The molecule has 1 amide bonds. The number of aryl methyl sites for hydroxylation is 1. The first-order chi connectivity index (χ1) is 11.6. The second-order valence-electron chi connectivity index (χ2n) is 5.96. The largest absolute Gasteiger partial charge is 0.349 e. The van der Waals surface area contributed by atoms with E-state index in [0.29, 0.717) is 10.8 Å². The fraction of sp³-hybridized carbons (Fsp3) is 0.471. The molecule has 0 aliphatic carbocycles. The van der Waals surface area contributed by atoms with E-state index in [1.807, 2.05) is 31.2 Å². The van der Waals surface area contributed by atoms with Crippen molar-refractivity contribution in [1.29, 1.82) is 0 Å². The first-order valence-corrected chi connectivity index (χ1v) is 9.60. The van der Waals surface area contributed by atoms with E-state index in [-0.39, 0.29) is 11.9 Å². The zero-order valence-electron chi connectivity index (χ0n) is 13.7. The van der Waals surface area contributed by atoms with Crippen molar-refractivity contribution in [3.8, 4) is 0 Å². The lowest BCUT2D eigenvalue weighted by molar-refractivity contribution is -0.119. The minimum absolute atomic E-state index is 0.0293. The minimum Gasteiger partial charge on any atom is -0.349 e. The van der Waals surface area contributed by atoms with Crippen LogP contribution in [-0.4, -0.2) is 26.4 Å². The highest BCUT2D eigenvalue weighted by Gasteiger charge is 2.17. The summed E-state index contributed by atoms with van der Waals surface area (Å²) in [6.07, 6.45) is 4.51. The molecule has 0 radical (unpaired) electrons. The molecule has 7 heteroatoms. The lowest BCUT2D eigenvalue weighted by Crippen LogP contribution is -2.28. The third-order valence-electron chi connectivity index (χ3n) is 4.16. The molecule has 0 saturated heterocycles. The predicted molar refractivity (Wildman–Crippen MR) is 96.3 cm³/mol. The second kappa shape index (κ2) is 8.03. The van der Waals surface area contributed by atoms with Crippen LogP contribution in [0, 0.1) is 0 Å². The fourth-order valence-electron chi connectivity index (χ4n) is 2.88. The molecule has 1 aliphatic rings. The molecule has 128 valence electrons. The maximum absolute atomic E-state index is 12.2. The summed E-state index contributed by atoms with van der Waals surface area (Å²) in [6.45, 7) is 2.88. The molecule has 1 atom stereocenters. The molecule has 1 aliphatic heterocycles. The number of carbonyl (C=O) groups is 1. The van der Waals surface area contributed by atoms with Crippen LogP contribution in [0.15, 0.2) is 29.4 Å². The molecule has 0 spiro atoms. The summed E-state index contributed by atoms with van der Waals surface area (Å²) in [6, 6.07) is 7.44. The highest BCUT2D eigenvalue weighted by molar-refractivity contribution is 7.99. The van der Waals surface area contributed by atoms with Gasteiger partial charge in [0.25, 0.3) is 0 Å². The normalized spacial score (nSPS) is 15.4. The Bertz CT molecular complexity index is 718. The van der Waals surface area contributed by atoms with Crippen molar-refractivity contribution in [3.63, 3.8) is 0 Å². The van der Waals surface area contributed by atoms with Crippen molar-refractivity contribution in [2.75, 3.05) is 5.75 Å². The van der Waals surface area contributed by atoms with Gasteiger partial charge in [-0.3, -0.25) is 4.79 Å². The number of thioether (sulfide) groups is 1. The number of nitrogens with zero attached hydrogens (tertiary/aromatic N) is 3. The zero-order valence-corrected chi connectivity index (χ0v) is 15.2. The lowest BCUT2D eigenvalue weighted by Gasteiger charge is -2.15. The summed E-state index contributed by atoms with van der Waals surface area (Å²) in [5.74, 6) is 1.34. The van der Waals surface area contributed by atoms with Crippen LogP contribution in [0.5, 0.6) is 0 Å². The Kier molecular flexibility index (Phi) is 5.79. The average Bonchev–Trinajstić information content (AvgIpc) is 2.80. The van der Waals surface area contributed by atoms with E-state index < -0.39 is 0 Å². The molecule has 24 heavy (non-hydrogen) atoms. The number of aromatic nitrogens is 3. The maximum atomic E-state index is 12.2. The van der Waals surface area contributed by atoms with Crippen molar-refractivity contribution in [3.05, 3.63) is 40.7 Å². The Morgan fingerprint density at radius 3 is 3.00 bits per heavy atom. The smallest absolute Gasteiger partial charge is 0.230 e. The number of hydrogen-bond acceptors (Lipinski definition) is 4. The number of rotatable bonds is 5. The Hall–Kier alpha value is -1.53. The second-order valence-corrected chi connectivity index (χ2v) is 7.31. The van der Waals surface area contributed by atoms with Crippen LogP contribution in [0.1, 0.15) is 43.6 Å². The van der Waals surface area contributed by atoms with Crippen molar-refractivity contribution in [1.82, 2.24) is 20.1 Å². The number of amides is 1. The number of carbonyl (C=O) groups excluding carboxylic acids is 1. The highest BCUT2D eigenvalue weighted by atomic mass is 35.5. The van der Waals surface area contributed by atoms with Gasteiger partial charge in [0, 0.05) is 18.0 Å². The SMILES string of the molecule is C[C@H](NC(=O)CSc1nnc2n1CCCCC2)c1ccccc1Cl. The first-order valence-electron chi connectivity index (χ1n) is 8.24. The van der Waals surface area contributed by atoms with Gasteiger partial charge in [0.15, 0.2) is 5.16 Å². The number of benzene rings is 1. The third-order valence-corrected chi connectivity index (χ3v) is 5.47. The summed E-state index contributed by atoms with van der Waals surface area (Å²) in [5, 5.41) is 13.0. The molecule has 3 rings (SSSR count). The minimum atomic E-state index is -0.123. The molecule has 0 fully saturated rings. The molecule has 0 saturated carbocycles. The van der Waals surface area contributed by atoms with Crippen LogP contribution in [0.2, 0.25) is 5.02 Å². The van der Waals surface area contributed by atoms with Crippen LogP contribution in [-0.2, 0) is 17.8 Å². The Morgan fingerprint density at radius 1 is 1.33 bits per heavy atom. The van der Waals surface area contributed by atoms with E-state index in [1.54, 1.807) is 0 Å². The van der Waals surface area contributed by atoms with Crippen LogP contribution < -0.4 is 5.32 Å². The van der Waals surface area contributed by atoms with Crippen LogP contribution >= 0.6 is 23.4 Å².